The summed E-state index contributed by atoms with van der Waals surface area (Å²) in [4.78, 5) is 26.9. The van der Waals surface area contributed by atoms with E-state index in [1.54, 1.807) is 18.2 Å². The predicted octanol–water partition coefficient (Wildman–Crippen LogP) is 3.56. The van der Waals surface area contributed by atoms with Crippen LogP contribution >= 0.6 is 23.2 Å². The third kappa shape index (κ3) is 2.69. The van der Waals surface area contributed by atoms with Gasteiger partial charge in [0.15, 0.2) is 0 Å². The van der Waals surface area contributed by atoms with E-state index < -0.39 is 5.54 Å². The number of amides is 3. The summed E-state index contributed by atoms with van der Waals surface area (Å²) in [7, 11) is 0. The average Bonchev–Trinajstić information content (AvgIpc) is 2.51. The quantitative estimate of drug-likeness (QED) is 0.744. The van der Waals surface area contributed by atoms with E-state index in [-0.39, 0.29) is 18.5 Å². The van der Waals surface area contributed by atoms with Crippen LogP contribution in [0.4, 0.5) is 10.5 Å². The molecule has 0 atom stereocenters. The first kappa shape index (κ1) is 14.2. The van der Waals surface area contributed by atoms with Crippen molar-refractivity contribution in [3.05, 3.63) is 28.2 Å². The van der Waals surface area contributed by atoms with Crippen molar-refractivity contribution in [1.82, 2.24) is 4.90 Å². The van der Waals surface area contributed by atoms with Crippen LogP contribution in [0.25, 0.3) is 0 Å². The minimum atomic E-state index is -0.550. The minimum Gasteiger partial charge on any atom is -0.284 e. The average molecular weight is 301 g/mol. The number of anilines is 1. The smallest absolute Gasteiger partial charge is 0.284 e. The lowest BCUT2D eigenvalue weighted by molar-refractivity contribution is -0.128. The monoisotopic (exact) mass is 300 g/mol. The SMILES string of the molecule is CC(C)(C)N1C(=O)CN(c2cc(Cl)cc(Cl)c2)C1=O. The van der Waals surface area contributed by atoms with Crippen molar-refractivity contribution in [2.24, 2.45) is 0 Å². The molecule has 1 aromatic rings. The lowest BCUT2D eigenvalue weighted by Gasteiger charge is -2.29. The fraction of sp³-hybridized carbons (Fsp3) is 0.385. The third-order valence-corrected chi connectivity index (χ3v) is 3.23. The first-order valence-electron chi connectivity index (χ1n) is 5.81. The van der Waals surface area contributed by atoms with Crippen molar-refractivity contribution in [1.29, 1.82) is 0 Å². The summed E-state index contributed by atoms with van der Waals surface area (Å²) in [5, 5.41) is 0.855. The molecule has 0 spiro atoms. The van der Waals surface area contributed by atoms with E-state index in [1.165, 1.54) is 9.80 Å². The standard InChI is InChI=1S/C13H14Cl2N2O2/c1-13(2,3)17-11(18)7-16(12(17)19)10-5-8(14)4-9(15)6-10/h4-6H,7H2,1-3H3. The Morgan fingerprint density at radius 1 is 1.05 bits per heavy atom. The zero-order valence-corrected chi connectivity index (χ0v) is 12.4. The number of carbonyl (C=O) groups excluding carboxylic acids is 2. The molecule has 3 amide bonds. The van der Waals surface area contributed by atoms with Crippen molar-refractivity contribution in [3.63, 3.8) is 0 Å². The van der Waals surface area contributed by atoms with Crippen LogP contribution in [-0.4, -0.2) is 28.9 Å². The van der Waals surface area contributed by atoms with E-state index in [2.05, 4.69) is 0 Å². The van der Waals surface area contributed by atoms with Gasteiger partial charge < -0.3 is 0 Å². The Bertz CT molecular complexity index is 532. The van der Waals surface area contributed by atoms with Gasteiger partial charge in [0.25, 0.3) is 5.91 Å². The van der Waals surface area contributed by atoms with E-state index in [0.29, 0.717) is 15.7 Å². The molecule has 0 radical (unpaired) electrons. The number of halogens is 2. The third-order valence-electron chi connectivity index (χ3n) is 2.79. The molecule has 4 nitrogen and oxygen atoms in total. The summed E-state index contributed by atoms with van der Waals surface area (Å²) in [5.74, 6) is -0.228. The molecule has 0 unspecified atom stereocenters. The largest absolute Gasteiger partial charge is 0.332 e. The van der Waals surface area contributed by atoms with Gasteiger partial charge in [-0.15, -0.1) is 0 Å². The van der Waals surface area contributed by atoms with Gasteiger partial charge in [-0.3, -0.25) is 14.6 Å². The van der Waals surface area contributed by atoms with Gasteiger partial charge in [-0.2, -0.15) is 0 Å². The molecule has 0 aliphatic carbocycles. The van der Waals surface area contributed by atoms with E-state index in [0.717, 1.165) is 0 Å². The number of nitrogens with zero attached hydrogens (tertiary/aromatic N) is 2. The maximum absolute atomic E-state index is 12.3. The van der Waals surface area contributed by atoms with E-state index in [1.807, 2.05) is 20.8 Å². The van der Waals surface area contributed by atoms with Crippen LogP contribution in [0, 0.1) is 0 Å². The maximum atomic E-state index is 12.3. The number of rotatable bonds is 1. The van der Waals surface area contributed by atoms with Gasteiger partial charge in [0.1, 0.15) is 6.54 Å². The second-order valence-corrected chi connectivity index (χ2v) is 6.27. The number of hydrogen-bond donors (Lipinski definition) is 0. The summed E-state index contributed by atoms with van der Waals surface area (Å²) in [5.41, 5.74) is -0.0201. The second kappa shape index (κ2) is 4.69. The van der Waals surface area contributed by atoms with Gasteiger partial charge >= 0.3 is 6.03 Å². The number of imide groups is 1. The highest BCUT2D eigenvalue weighted by Crippen LogP contribution is 2.30. The molecule has 1 fully saturated rings. The molecule has 1 aliphatic rings. The molecule has 2 rings (SSSR count). The number of carbonyl (C=O) groups is 2. The molecule has 0 bridgehead atoms. The molecule has 0 aromatic heterocycles. The topological polar surface area (TPSA) is 40.6 Å². The summed E-state index contributed by atoms with van der Waals surface area (Å²) in [6.45, 7) is 5.46. The van der Waals surface area contributed by atoms with Crippen molar-refractivity contribution in [2.75, 3.05) is 11.4 Å². The molecule has 19 heavy (non-hydrogen) atoms. The van der Waals surface area contributed by atoms with Crippen LogP contribution in [0.5, 0.6) is 0 Å². The fourth-order valence-corrected chi connectivity index (χ4v) is 2.57. The number of hydrogen-bond acceptors (Lipinski definition) is 2. The van der Waals surface area contributed by atoms with Crippen LogP contribution in [0.1, 0.15) is 20.8 Å². The molecular weight excluding hydrogens is 287 g/mol. The van der Waals surface area contributed by atoms with E-state index in [4.69, 9.17) is 23.2 Å². The highest BCUT2D eigenvalue weighted by Gasteiger charge is 2.43. The lowest BCUT2D eigenvalue weighted by Crippen LogP contribution is -2.46. The summed E-state index contributed by atoms with van der Waals surface area (Å²) < 4.78 is 0. The fourth-order valence-electron chi connectivity index (χ4n) is 2.06. The Labute approximate surface area is 121 Å². The second-order valence-electron chi connectivity index (χ2n) is 5.40. The van der Waals surface area contributed by atoms with Crippen LogP contribution < -0.4 is 4.90 Å². The molecule has 0 N–H and O–H groups in total. The van der Waals surface area contributed by atoms with Crippen molar-refractivity contribution >= 4 is 40.8 Å². The van der Waals surface area contributed by atoms with Crippen LogP contribution in [0.3, 0.4) is 0 Å². The normalized spacial score (nSPS) is 16.5. The Kier molecular flexibility index (Phi) is 3.49. The summed E-state index contributed by atoms with van der Waals surface area (Å²) >= 11 is 11.8. The Hall–Kier alpha value is -1.26. The van der Waals surface area contributed by atoms with Crippen molar-refractivity contribution < 1.29 is 9.59 Å². The van der Waals surface area contributed by atoms with Crippen LogP contribution in [0.2, 0.25) is 10.0 Å². The molecular formula is C13H14Cl2N2O2. The highest BCUT2D eigenvalue weighted by molar-refractivity contribution is 6.35. The van der Waals surface area contributed by atoms with Crippen molar-refractivity contribution in [3.8, 4) is 0 Å². The first-order valence-corrected chi connectivity index (χ1v) is 6.56. The zero-order chi connectivity index (χ0) is 14.4. The molecule has 0 saturated carbocycles. The number of benzene rings is 1. The highest BCUT2D eigenvalue weighted by atomic mass is 35.5. The van der Waals surface area contributed by atoms with Crippen molar-refractivity contribution in [2.45, 2.75) is 26.3 Å². The molecule has 6 heteroatoms. The molecule has 1 aliphatic heterocycles. The molecule has 1 heterocycles. The Balaban J connectivity index is 2.38. The van der Waals surface area contributed by atoms with Gasteiger partial charge in [-0.1, -0.05) is 23.2 Å². The van der Waals surface area contributed by atoms with E-state index >= 15 is 0 Å². The molecule has 102 valence electrons. The minimum absolute atomic E-state index is 0.00672. The lowest BCUT2D eigenvalue weighted by atomic mass is 10.1. The van der Waals surface area contributed by atoms with Gasteiger partial charge in [-0.05, 0) is 39.0 Å². The predicted molar refractivity (Wildman–Crippen MR) is 75.8 cm³/mol. The van der Waals surface area contributed by atoms with Gasteiger partial charge in [0, 0.05) is 21.3 Å². The molecule has 1 aromatic carbocycles. The first-order chi connectivity index (χ1) is 8.70. The van der Waals surface area contributed by atoms with Gasteiger partial charge in [0.05, 0.1) is 0 Å². The Morgan fingerprint density at radius 3 is 2.00 bits per heavy atom. The maximum Gasteiger partial charge on any atom is 0.332 e. The summed E-state index contributed by atoms with van der Waals surface area (Å²) in [6.07, 6.45) is 0. The van der Waals surface area contributed by atoms with Gasteiger partial charge in [0.2, 0.25) is 0 Å². The number of urea groups is 1. The van der Waals surface area contributed by atoms with Crippen LogP contribution in [0.15, 0.2) is 18.2 Å². The summed E-state index contributed by atoms with van der Waals surface area (Å²) in [6, 6.07) is 4.46. The molecule has 1 saturated heterocycles. The van der Waals surface area contributed by atoms with E-state index in [9.17, 15) is 9.59 Å². The zero-order valence-electron chi connectivity index (χ0n) is 10.9. The van der Waals surface area contributed by atoms with Gasteiger partial charge in [-0.25, -0.2) is 4.79 Å². The Morgan fingerprint density at radius 2 is 1.58 bits per heavy atom. The van der Waals surface area contributed by atoms with Crippen LogP contribution in [-0.2, 0) is 4.79 Å².